The number of benzene rings is 7. The Morgan fingerprint density at radius 1 is 0.426 bits per heavy atom. The van der Waals surface area contributed by atoms with Crippen molar-refractivity contribution in [2.24, 2.45) is 0 Å². The number of allylic oxidation sites excluding steroid dienone is 3. The minimum absolute atomic E-state index is 0.507. The van der Waals surface area contributed by atoms with Crippen molar-refractivity contribution in [1.82, 2.24) is 15.0 Å². The quantitative estimate of drug-likeness (QED) is 0.183. The SMILES string of the molecule is C1=C2Sc3ccccc3C3(C2=CCC1)c1cc(-c2nc(-c4ccccc4)nc(-c4ccccc4)n2)ccc1-c1ccc(-c2cccc4ccccc24)cc13. The highest BCUT2D eigenvalue weighted by molar-refractivity contribution is 8.03. The van der Waals surface area contributed by atoms with E-state index in [2.05, 4.69) is 140 Å². The van der Waals surface area contributed by atoms with Gasteiger partial charge in [0, 0.05) is 26.5 Å². The molecule has 0 radical (unpaired) electrons. The molecule has 2 aliphatic carbocycles. The third-order valence-electron chi connectivity index (χ3n) is 11.2. The number of thioether (sulfide) groups is 1. The van der Waals surface area contributed by atoms with Crippen molar-refractivity contribution in [3.8, 4) is 56.4 Å². The molecule has 2 heterocycles. The molecular formula is C50H33N3S. The zero-order valence-electron chi connectivity index (χ0n) is 29.4. The van der Waals surface area contributed by atoms with Gasteiger partial charge in [0.15, 0.2) is 17.5 Å². The molecule has 0 N–H and O–H groups in total. The van der Waals surface area contributed by atoms with Gasteiger partial charge in [0.1, 0.15) is 0 Å². The molecule has 3 nitrogen and oxygen atoms in total. The Labute approximate surface area is 318 Å². The van der Waals surface area contributed by atoms with Gasteiger partial charge in [-0.2, -0.15) is 0 Å². The third kappa shape index (κ3) is 4.73. The largest absolute Gasteiger partial charge is 0.208 e. The zero-order chi connectivity index (χ0) is 35.6. The van der Waals surface area contributed by atoms with Crippen LogP contribution in [-0.2, 0) is 5.41 Å². The van der Waals surface area contributed by atoms with Crippen LogP contribution in [0.25, 0.3) is 67.2 Å². The van der Waals surface area contributed by atoms with Gasteiger partial charge in [-0.05, 0) is 86.3 Å². The second-order valence-electron chi connectivity index (χ2n) is 14.2. The molecule has 1 atom stereocenters. The van der Waals surface area contributed by atoms with Crippen LogP contribution in [0.5, 0.6) is 0 Å². The van der Waals surface area contributed by atoms with E-state index in [1.807, 2.05) is 48.2 Å². The molecule has 54 heavy (non-hydrogen) atoms. The summed E-state index contributed by atoms with van der Waals surface area (Å²) in [6.07, 6.45) is 7.04. The maximum absolute atomic E-state index is 5.16. The molecule has 0 saturated heterocycles. The van der Waals surface area contributed by atoms with Crippen LogP contribution in [-0.4, -0.2) is 15.0 Å². The fraction of sp³-hybridized carbons (Fsp3) is 0.0600. The molecule has 0 fully saturated rings. The van der Waals surface area contributed by atoms with Crippen LogP contribution >= 0.6 is 11.8 Å². The Morgan fingerprint density at radius 2 is 1.00 bits per heavy atom. The fourth-order valence-electron chi connectivity index (χ4n) is 8.84. The van der Waals surface area contributed by atoms with E-state index in [-0.39, 0.29) is 0 Å². The van der Waals surface area contributed by atoms with E-state index >= 15 is 0 Å². The smallest absolute Gasteiger partial charge is 0.164 e. The van der Waals surface area contributed by atoms with Crippen LogP contribution in [0.1, 0.15) is 29.5 Å². The standard InChI is InChI=1S/C50H33N3S/c1-3-15-33(16-4-1)47-51-48(34-17-5-2-6-18-34)53-49(52-47)36-27-29-40-39-28-26-35(38-21-13-19-32-14-7-8-20-37(32)38)30-43(39)50(44(40)31-36)41-22-9-11-24-45(41)54-46-25-12-10-23-42(46)50/h1-9,11,13-31H,10,12H2. The predicted octanol–water partition coefficient (Wildman–Crippen LogP) is 12.7. The van der Waals surface area contributed by atoms with Crippen molar-refractivity contribution in [3.63, 3.8) is 0 Å². The highest BCUT2D eigenvalue weighted by atomic mass is 32.2. The first-order valence-electron chi connectivity index (χ1n) is 18.6. The Bertz CT molecular complexity index is 2790. The van der Waals surface area contributed by atoms with E-state index in [1.165, 1.54) is 65.1 Å². The number of nitrogens with zero attached hydrogens (tertiary/aromatic N) is 3. The lowest BCUT2D eigenvalue weighted by molar-refractivity contribution is 0.724. The van der Waals surface area contributed by atoms with Gasteiger partial charge >= 0.3 is 0 Å². The van der Waals surface area contributed by atoms with Crippen molar-refractivity contribution >= 4 is 22.5 Å². The molecule has 3 aliphatic rings. The molecule has 11 rings (SSSR count). The first-order chi connectivity index (χ1) is 26.8. The lowest BCUT2D eigenvalue weighted by Gasteiger charge is -2.42. The van der Waals surface area contributed by atoms with E-state index < -0.39 is 5.41 Å². The molecule has 0 bridgehead atoms. The minimum atomic E-state index is -0.507. The van der Waals surface area contributed by atoms with Crippen LogP contribution in [0, 0.1) is 0 Å². The van der Waals surface area contributed by atoms with Crippen LogP contribution in [0.4, 0.5) is 0 Å². The summed E-state index contributed by atoms with van der Waals surface area (Å²) in [5, 5.41) is 2.52. The van der Waals surface area contributed by atoms with Crippen LogP contribution in [0.15, 0.2) is 191 Å². The molecule has 0 amide bonds. The second-order valence-corrected chi connectivity index (χ2v) is 15.3. The summed E-state index contributed by atoms with van der Waals surface area (Å²) >= 11 is 1.91. The van der Waals surface area contributed by atoms with Gasteiger partial charge in [-0.25, -0.2) is 15.0 Å². The second kappa shape index (κ2) is 12.4. The van der Waals surface area contributed by atoms with Gasteiger partial charge in [0.2, 0.25) is 0 Å². The molecule has 1 aliphatic heterocycles. The Hall–Kier alpha value is -6.36. The summed E-state index contributed by atoms with van der Waals surface area (Å²) in [4.78, 5) is 18.0. The molecule has 8 aromatic rings. The number of aromatic nitrogens is 3. The summed E-state index contributed by atoms with van der Waals surface area (Å²) < 4.78 is 0. The minimum Gasteiger partial charge on any atom is -0.208 e. The highest BCUT2D eigenvalue weighted by Crippen LogP contribution is 2.65. The molecule has 4 heteroatoms. The topological polar surface area (TPSA) is 38.7 Å². The average Bonchev–Trinajstić information content (AvgIpc) is 3.53. The van der Waals surface area contributed by atoms with Gasteiger partial charge in [-0.15, -0.1) is 0 Å². The van der Waals surface area contributed by atoms with E-state index in [4.69, 9.17) is 15.0 Å². The number of rotatable bonds is 4. The van der Waals surface area contributed by atoms with Gasteiger partial charge in [0.05, 0.1) is 5.41 Å². The van der Waals surface area contributed by atoms with Crippen molar-refractivity contribution in [2.45, 2.75) is 23.2 Å². The van der Waals surface area contributed by atoms with E-state index in [0.29, 0.717) is 17.5 Å². The van der Waals surface area contributed by atoms with Gasteiger partial charge in [-0.1, -0.05) is 170 Å². The van der Waals surface area contributed by atoms with Crippen LogP contribution < -0.4 is 0 Å². The van der Waals surface area contributed by atoms with Crippen molar-refractivity contribution < 1.29 is 0 Å². The monoisotopic (exact) mass is 707 g/mol. The Kier molecular flexibility index (Phi) is 7.14. The number of fused-ring (bicyclic) bond motifs is 10. The first kappa shape index (κ1) is 31.2. The van der Waals surface area contributed by atoms with E-state index in [0.717, 1.165) is 29.5 Å². The molecule has 1 spiro atoms. The van der Waals surface area contributed by atoms with Crippen molar-refractivity contribution in [2.75, 3.05) is 0 Å². The lowest BCUT2D eigenvalue weighted by atomic mass is 9.65. The maximum Gasteiger partial charge on any atom is 0.164 e. The highest BCUT2D eigenvalue weighted by Gasteiger charge is 2.52. The zero-order valence-corrected chi connectivity index (χ0v) is 30.2. The molecule has 1 unspecified atom stereocenters. The summed E-state index contributed by atoms with van der Waals surface area (Å²) in [5.74, 6) is 1.99. The first-order valence-corrected chi connectivity index (χ1v) is 19.4. The molecule has 1 aromatic heterocycles. The Morgan fingerprint density at radius 3 is 1.74 bits per heavy atom. The molecule has 254 valence electrons. The van der Waals surface area contributed by atoms with Gasteiger partial charge < -0.3 is 0 Å². The summed E-state index contributed by atoms with van der Waals surface area (Å²) in [5.41, 5.74) is 12.7. The summed E-state index contributed by atoms with van der Waals surface area (Å²) in [6.45, 7) is 0. The summed E-state index contributed by atoms with van der Waals surface area (Å²) in [7, 11) is 0. The maximum atomic E-state index is 5.16. The summed E-state index contributed by atoms with van der Waals surface area (Å²) in [6, 6.07) is 58.9. The van der Waals surface area contributed by atoms with Gasteiger partial charge in [0.25, 0.3) is 0 Å². The van der Waals surface area contributed by atoms with Gasteiger partial charge in [-0.3, -0.25) is 0 Å². The lowest BCUT2D eigenvalue weighted by Crippen LogP contribution is -2.34. The van der Waals surface area contributed by atoms with Crippen molar-refractivity contribution in [1.29, 1.82) is 0 Å². The average molecular weight is 708 g/mol. The van der Waals surface area contributed by atoms with Crippen molar-refractivity contribution in [3.05, 3.63) is 203 Å². The third-order valence-corrected chi connectivity index (χ3v) is 12.4. The number of hydrogen-bond donors (Lipinski definition) is 0. The van der Waals surface area contributed by atoms with E-state index in [1.54, 1.807) is 0 Å². The van der Waals surface area contributed by atoms with Crippen LogP contribution in [0.3, 0.4) is 0 Å². The number of hydrogen-bond acceptors (Lipinski definition) is 4. The van der Waals surface area contributed by atoms with Crippen LogP contribution in [0.2, 0.25) is 0 Å². The molecular weight excluding hydrogens is 675 g/mol. The Balaban J connectivity index is 1.19. The normalized spacial score (nSPS) is 16.6. The predicted molar refractivity (Wildman–Crippen MR) is 222 cm³/mol. The van der Waals surface area contributed by atoms with E-state index in [9.17, 15) is 0 Å². The fourth-order valence-corrected chi connectivity index (χ4v) is 10.1. The molecule has 7 aromatic carbocycles. The molecule has 0 saturated carbocycles.